The number of furan rings is 1. The molecule has 0 aliphatic carbocycles. The molecule has 4 heteroatoms. The van der Waals surface area contributed by atoms with E-state index in [-0.39, 0.29) is 6.04 Å². The zero-order chi connectivity index (χ0) is 14.7. The highest BCUT2D eigenvalue weighted by Gasteiger charge is 2.14. The summed E-state index contributed by atoms with van der Waals surface area (Å²) in [7, 11) is 1.65. The highest BCUT2D eigenvalue weighted by molar-refractivity contribution is 6.31. The van der Waals surface area contributed by atoms with E-state index in [1.807, 2.05) is 32.0 Å². The molecule has 1 aromatic heterocycles. The van der Waals surface area contributed by atoms with Crippen LogP contribution in [0.2, 0.25) is 5.02 Å². The van der Waals surface area contributed by atoms with E-state index in [0.717, 1.165) is 22.8 Å². The first kappa shape index (κ1) is 14.9. The summed E-state index contributed by atoms with van der Waals surface area (Å²) in [5.41, 5.74) is 2.15. The first-order chi connectivity index (χ1) is 9.52. The Hall–Kier alpha value is -1.45. The third kappa shape index (κ3) is 3.17. The van der Waals surface area contributed by atoms with Crippen LogP contribution in [0.4, 0.5) is 0 Å². The maximum atomic E-state index is 6.23. The van der Waals surface area contributed by atoms with Crippen LogP contribution in [0.1, 0.15) is 35.6 Å². The van der Waals surface area contributed by atoms with E-state index in [0.29, 0.717) is 11.6 Å². The Morgan fingerprint density at radius 3 is 2.70 bits per heavy atom. The van der Waals surface area contributed by atoms with Gasteiger partial charge in [-0.25, -0.2) is 0 Å². The van der Waals surface area contributed by atoms with Crippen molar-refractivity contribution >= 4 is 11.6 Å². The van der Waals surface area contributed by atoms with Gasteiger partial charge in [0, 0.05) is 28.7 Å². The molecule has 0 radical (unpaired) electrons. The maximum absolute atomic E-state index is 6.23. The van der Waals surface area contributed by atoms with Crippen molar-refractivity contribution in [3.05, 3.63) is 51.9 Å². The molecule has 1 atom stereocenters. The fraction of sp³-hybridized carbons (Fsp3) is 0.375. The Labute approximate surface area is 124 Å². The molecule has 0 aliphatic rings. The standard InChI is InChI=1S/C16H20ClNO2/c1-10-8-13(12(3)20-10)11(2)18-9-14-15(17)6-5-7-16(14)19-4/h5-8,11,18H,9H2,1-4H3. The SMILES string of the molecule is COc1cccc(Cl)c1CNC(C)c1cc(C)oc1C. The van der Waals surface area contributed by atoms with Crippen molar-refractivity contribution in [3.8, 4) is 5.75 Å². The lowest BCUT2D eigenvalue weighted by atomic mass is 10.1. The third-order valence-electron chi connectivity index (χ3n) is 3.43. The van der Waals surface area contributed by atoms with Gasteiger partial charge in [0.2, 0.25) is 0 Å². The van der Waals surface area contributed by atoms with Crippen LogP contribution in [0.25, 0.3) is 0 Å². The fourth-order valence-electron chi connectivity index (χ4n) is 2.35. The Kier molecular flexibility index (Phi) is 4.73. The quantitative estimate of drug-likeness (QED) is 0.887. The van der Waals surface area contributed by atoms with Crippen LogP contribution in [0.3, 0.4) is 0 Å². The summed E-state index contributed by atoms with van der Waals surface area (Å²) in [6, 6.07) is 7.93. The highest BCUT2D eigenvalue weighted by atomic mass is 35.5. The lowest BCUT2D eigenvalue weighted by Crippen LogP contribution is -2.19. The van der Waals surface area contributed by atoms with Gasteiger partial charge in [0.15, 0.2) is 0 Å². The number of hydrogen-bond acceptors (Lipinski definition) is 3. The summed E-state index contributed by atoms with van der Waals surface area (Å²) in [6.07, 6.45) is 0. The van der Waals surface area contributed by atoms with Gasteiger partial charge in [0.1, 0.15) is 17.3 Å². The fourth-order valence-corrected chi connectivity index (χ4v) is 2.58. The number of methoxy groups -OCH3 is 1. The van der Waals surface area contributed by atoms with Crippen molar-refractivity contribution in [3.63, 3.8) is 0 Å². The third-order valence-corrected chi connectivity index (χ3v) is 3.78. The zero-order valence-electron chi connectivity index (χ0n) is 12.3. The van der Waals surface area contributed by atoms with E-state index in [2.05, 4.69) is 18.3 Å². The smallest absolute Gasteiger partial charge is 0.124 e. The normalized spacial score (nSPS) is 12.4. The van der Waals surface area contributed by atoms with Crippen LogP contribution in [-0.4, -0.2) is 7.11 Å². The Bertz CT molecular complexity index is 592. The number of benzene rings is 1. The van der Waals surface area contributed by atoms with Gasteiger partial charge in [-0.05, 0) is 39.0 Å². The monoisotopic (exact) mass is 293 g/mol. The minimum atomic E-state index is 0.188. The molecule has 2 aromatic rings. The van der Waals surface area contributed by atoms with Gasteiger partial charge in [-0.15, -0.1) is 0 Å². The van der Waals surface area contributed by atoms with Gasteiger partial charge in [0.05, 0.1) is 7.11 Å². The average Bonchev–Trinajstić information content (AvgIpc) is 2.75. The van der Waals surface area contributed by atoms with Crippen LogP contribution >= 0.6 is 11.6 Å². The lowest BCUT2D eigenvalue weighted by Gasteiger charge is -2.16. The van der Waals surface area contributed by atoms with Gasteiger partial charge < -0.3 is 14.5 Å². The van der Waals surface area contributed by atoms with E-state index in [1.54, 1.807) is 7.11 Å². The Morgan fingerprint density at radius 2 is 2.10 bits per heavy atom. The second-order valence-corrected chi connectivity index (χ2v) is 5.30. The summed E-state index contributed by atoms with van der Waals surface area (Å²) in [5, 5.41) is 4.17. The van der Waals surface area contributed by atoms with Gasteiger partial charge in [-0.3, -0.25) is 0 Å². The number of aryl methyl sites for hydroxylation is 2. The molecule has 108 valence electrons. The molecule has 0 aliphatic heterocycles. The summed E-state index contributed by atoms with van der Waals surface area (Å²) in [5.74, 6) is 2.69. The van der Waals surface area contributed by atoms with Crippen LogP contribution in [-0.2, 0) is 6.54 Å². The predicted octanol–water partition coefficient (Wildman–Crippen LogP) is 4.41. The first-order valence-corrected chi connectivity index (χ1v) is 7.02. The molecule has 1 heterocycles. The number of rotatable bonds is 5. The first-order valence-electron chi connectivity index (χ1n) is 6.64. The van der Waals surface area contributed by atoms with Crippen LogP contribution < -0.4 is 10.1 Å². The average molecular weight is 294 g/mol. The second-order valence-electron chi connectivity index (χ2n) is 4.89. The number of ether oxygens (including phenoxy) is 1. The van der Waals surface area contributed by atoms with Crippen molar-refractivity contribution in [2.75, 3.05) is 7.11 Å². The van der Waals surface area contributed by atoms with E-state index >= 15 is 0 Å². The molecule has 20 heavy (non-hydrogen) atoms. The van der Waals surface area contributed by atoms with Gasteiger partial charge >= 0.3 is 0 Å². The van der Waals surface area contributed by atoms with Crippen LogP contribution in [0.15, 0.2) is 28.7 Å². The molecule has 1 unspecified atom stereocenters. The van der Waals surface area contributed by atoms with Gasteiger partial charge in [-0.2, -0.15) is 0 Å². The Morgan fingerprint density at radius 1 is 1.35 bits per heavy atom. The minimum Gasteiger partial charge on any atom is -0.496 e. The summed E-state index contributed by atoms with van der Waals surface area (Å²) in [6.45, 7) is 6.70. The zero-order valence-corrected chi connectivity index (χ0v) is 13.0. The molecule has 3 nitrogen and oxygen atoms in total. The Balaban J connectivity index is 2.11. The van der Waals surface area contributed by atoms with Crippen molar-refractivity contribution in [1.29, 1.82) is 0 Å². The van der Waals surface area contributed by atoms with Gasteiger partial charge in [0.25, 0.3) is 0 Å². The number of hydrogen-bond donors (Lipinski definition) is 1. The molecule has 1 aromatic carbocycles. The van der Waals surface area contributed by atoms with E-state index < -0.39 is 0 Å². The molecule has 1 N–H and O–H groups in total. The summed E-state index contributed by atoms with van der Waals surface area (Å²) >= 11 is 6.23. The molecule has 0 bridgehead atoms. The second kappa shape index (κ2) is 6.33. The number of halogens is 1. The van der Waals surface area contributed by atoms with E-state index in [9.17, 15) is 0 Å². The topological polar surface area (TPSA) is 34.4 Å². The van der Waals surface area contributed by atoms with E-state index in [1.165, 1.54) is 5.56 Å². The molecule has 0 spiro atoms. The summed E-state index contributed by atoms with van der Waals surface area (Å²) in [4.78, 5) is 0. The van der Waals surface area contributed by atoms with Crippen molar-refractivity contribution in [1.82, 2.24) is 5.32 Å². The molecule has 0 saturated carbocycles. The summed E-state index contributed by atoms with van der Waals surface area (Å²) < 4.78 is 10.9. The molecule has 0 amide bonds. The maximum Gasteiger partial charge on any atom is 0.124 e. The predicted molar refractivity (Wildman–Crippen MR) is 81.4 cm³/mol. The highest BCUT2D eigenvalue weighted by Crippen LogP contribution is 2.27. The number of nitrogens with one attached hydrogen (secondary N) is 1. The lowest BCUT2D eigenvalue weighted by molar-refractivity contribution is 0.406. The molecule has 0 fully saturated rings. The molecular formula is C16H20ClNO2. The van der Waals surface area contributed by atoms with Crippen molar-refractivity contribution < 1.29 is 9.15 Å². The van der Waals surface area contributed by atoms with Gasteiger partial charge in [-0.1, -0.05) is 17.7 Å². The molecule has 2 rings (SSSR count). The van der Waals surface area contributed by atoms with Crippen LogP contribution in [0, 0.1) is 13.8 Å². The van der Waals surface area contributed by atoms with Crippen molar-refractivity contribution in [2.24, 2.45) is 0 Å². The van der Waals surface area contributed by atoms with Crippen LogP contribution in [0.5, 0.6) is 5.75 Å². The molecule has 0 saturated heterocycles. The molecular weight excluding hydrogens is 274 g/mol. The minimum absolute atomic E-state index is 0.188. The van der Waals surface area contributed by atoms with Crippen molar-refractivity contribution in [2.45, 2.75) is 33.4 Å². The van der Waals surface area contributed by atoms with E-state index in [4.69, 9.17) is 20.8 Å². The largest absolute Gasteiger partial charge is 0.496 e.